The van der Waals surface area contributed by atoms with Crippen molar-refractivity contribution in [3.05, 3.63) is 34.6 Å². The van der Waals surface area contributed by atoms with E-state index in [1.165, 1.54) is 11.3 Å². The maximum atomic E-state index is 11.8. The summed E-state index contributed by atoms with van der Waals surface area (Å²) in [6.45, 7) is 2.55. The fourth-order valence-electron chi connectivity index (χ4n) is 1.85. The number of hydrogen-bond acceptors (Lipinski definition) is 5. The highest BCUT2D eigenvalue weighted by Crippen LogP contribution is 2.41. The van der Waals surface area contributed by atoms with Crippen molar-refractivity contribution >= 4 is 40.6 Å². The Labute approximate surface area is 137 Å². The van der Waals surface area contributed by atoms with Gasteiger partial charge in [0, 0.05) is 30.9 Å². The smallest absolute Gasteiger partial charge is 0.221 e. The standard InChI is InChI=1S/C14H16ClN3OS2/c1-3-17-11(19)7-10(20-2)12-13(15)18-14(21-12)9-5-4-6-16-8-9/h4-6,8,10H,3,7H2,1-2H3,(H,17,19). The lowest BCUT2D eigenvalue weighted by Gasteiger charge is -2.12. The van der Waals surface area contributed by atoms with Crippen molar-refractivity contribution in [1.29, 1.82) is 0 Å². The number of halogens is 1. The molecule has 112 valence electrons. The molecule has 0 spiro atoms. The van der Waals surface area contributed by atoms with Crippen LogP contribution in [-0.2, 0) is 4.79 Å². The van der Waals surface area contributed by atoms with E-state index in [2.05, 4.69) is 15.3 Å². The second-order valence-corrected chi connectivity index (χ2v) is 6.73. The molecule has 7 heteroatoms. The number of aromatic nitrogens is 2. The molecule has 0 aliphatic carbocycles. The van der Waals surface area contributed by atoms with E-state index in [1.54, 1.807) is 24.2 Å². The first kappa shape index (κ1) is 16.3. The first-order chi connectivity index (χ1) is 10.2. The van der Waals surface area contributed by atoms with E-state index in [0.717, 1.165) is 15.4 Å². The summed E-state index contributed by atoms with van der Waals surface area (Å²) in [5.74, 6) is 0.0317. The van der Waals surface area contributed by atoms with Crippen molar-refractivity contribution in [2.24, 2.45) is 0 Å². The Hall–Kier alpha value is -1.11. The van der Waals surface area contributed by atoms with Gasteiger partial charge in [-0.2, -0.15) is 11.8 Å². The van der Waals surface area contributed by atoms with Gasteiger partial charge >= 0.3 is 0 Å². The molecular weight excluding hydrogens is 326 g/mol. The average molecular weight is 342 g/mol. The fraction of sp³-hybridized carbons (Fsp3) is 0.357. The van der Waals surface area contributed by atoms with Crippen LogP contribution < -0.4 is 5.32 Å². The van der Waals surface area contributed by atoms with Gasteiger partial charge in [0.25, 0.3) is 0 Å². The number of amides is 1. The number of rotatable bonds is 6. The number of nitrogens with one attached hydrogen (secondary N) is 1. The van der Waals surface area contributed by atoms with Gasteiger partial charge in [-0.1, -0.05) is 11.6 Å². The molecule has 21 heavy (non-hydrogen) atoms. The summed E-state index contributed by atoms with van der Waals surface area (Å²) in [6, 6.07) is 3.81. The van der Waals surface area contributed by atoms with Gasteiger partial charge in [-0.3, -0.25) is 9.78 Å². The third-order valence-corrected chi connectivity index (χ3v) is 5.58. The molecule has 0 fully saturated rings. The average Bonchev–Trinajstić information content (AvgIpc) is 2.88. The van der Waals surface area contributed by atoms with Crippen molar-refractivity contribution in [3.63, 3.8) is 0 Å². The van der Waals surface area contributed by atoms with Crippen LogP contribution in [0.1, 0.15) is 23.5 Å². The monoisotopic (exact) mass is 341 g/mol. The largest absolute Gasteiger partial charge is 0.356 e. The molecule has 2 rings (SSSR count). The number of thioether (sulfide) groups is 1. The molecule has 1 amide bonds. The highest BCUT2D eigenvalue weighted by Gasteiger charge is 2.22. The lowest BCUT2D eigenvalue weighted by Crippen LogP contribution is -2.23. The van der Waals surface area contributed by atoms with Crippen molar-refractivity contribution in [1.82, 2.24) is 15.3 Å². The molecule has 0 aromatic carbocycles. The predicted molar refractivity (Wildman–Crippen MR) is 89.9 cm³/mol. The molecule has 1 unspecified atom stereocenters. The van der Waals surface area contributed by atoms with Crippen molar-refractivity contribution in [3.8, 4) is 10.6 Å². The quantitative estimate of drug-likeness (QED) is 0.868. The highest BCUT2D eigenvalue weighted by molar-refractivity contribution is 7.99. The number of hydrogen-bond donors (Lipinski definition) is 1. The number of pyridine rings is 1. The van der Waals surface area contributed by atoms with Gasteiger partial charge in [0.15, 0.2) is 0 Å². The van der Waals surface area contributed by atoms with Crippen molar-refractivity contribution < 1.29 is 4.79 Å². The van der Waals surface area contributed by atoms with Gasteiger partial charge < -0.3 is 5.32 Å². The zero-order valence-corrected chi connectivity index (χ0v) is 14.2. The summed E-state index contributed by atoms with van der Waals surface area (Å²) in [7, 11) is 0. The number of nitrogens with zero attached hydrogens (tertiary/aromatic N) is 2. The van der Waals surface area contributed by atoms with E-state index in [0.29, 0.717) is 18.1 Å². The Bertz CT molecular complexity index is 604. The summed E-state index contributed by atoms with van der Waals surface area (Å²) in [5, 5.41) is 4.14. The summed E-state index contributed by atoms with van der Waals surface area (Å²) in [4.78, 5) is 21.2. The minimum absolute atomic E-state index is 0.0203. The van der Waals surface area contributed by atoms with E-state index >= 15 is 0 Å². The van der Waals surface area contributed by atoms with Crippen LogP contribution in [0.15, 0.2) is 24.5 Å². The second kappa shape index (κ2) is 7.77. The minimum Gasteiger partial charge on any atom is -0.356 e. The zero-order valence-electron chi connectivity index (χ0n) is 11.8. The van der Waals surface area contributed by atoms with Gasteiger partial charge in [0.2, 0.25) is 5.91 Å². The van der Waals surface area contributed by atoms with Gasteiger partial charge in [0.1, 0.15) is 10.2 Å². The van der Waals surface area contributed by atoms with Crippen LogP contribution in [0.5, 0.6) is 0 Å². The van der Waals surface area contributed by atoms with Gasteiger partial charge in [0.05, 0.1) is 10.1 Å². The van der Waals surface area contributed by atoms with Crippen LogP contribution in [0.3, 0.4) is 0 Å². The molecule has 0 saturated carbocycles. The van der Waals surface area contributed by atoms with E-state index < -0.39 is 0 Å². The molecule has 0 aliphatic heterocycles. The van der Waals surface area contributed by atoms with Crippen LogP contribution >= 0.6 is 34.7 Å². The zero-order chi connectivity index (χ0) is 15.2. The number of thiazole rings is 1. The summed E-state index contributed by atoms with van der Waals surface area (Å²) in [6.07, 6.45) is 5.86. The Balaban J connectivity index is 2.22. The molecule has 2 heterocycles. The first-order valence-electron chi connectivity index (χ1n) is 6.51. The lowest BCUT2D eigenvalue weighted by atomic mass is 10.2. The van der Waals surface area contributed by atoms with E-state index in [-0.39, 0.29) is 11.2 Å². The Morgan fingerprint density at radius 1 is 1.57 bits per heavy atom. The maximum Gasteiger partial charge on any atom is 0.221 e. The van der Waals surface area contributed by atoms with Crippen LogP contribution in [0.4, 0.5) is 0 Å². The van der Waals surface area contributed by atoms with Crippen LogP contribution in [-0.4, -0.2) is 28.7 Å². The predicted octanol–water partition coefficient (Wildman–Crippen LogP) is 3.79. The summed E-state index contributed by atoms with van der Waals surface area (Å²) >= 11 is 9.39. The van der Waals surface area contributed by atoms with Crippen LogP contribution in [0.25, 0.3) is 10.6 Å². The normalized spacial score (nSPS) is 12.1. The molecule has 0 saturated heterocycles. The summed E-state index contributed by atoms with van der Waals surface area (Å²) in [5.41, 5.74) is 0.938. The topological polar surface area (TPSA) is 54.9 Å². The number of carbonyl (C=O) groups excluding carboxylic acids is 1. The van der Waals surface area contributed by atoms with Crippen LogP contribution in [0, 0.1) is 0 Å². The van der Waals surface area contributed by atoms with E-state index in [1.807, 2.05) is 25.3 Å². The SMILES string of the molecule is CCNC(=O)CC(SC)c1sc(-c2cccnc2)nc1Cl. The van der Waals surface area contributed by atoms with Gasteiger partial charge in [-0.05, 0) is 25.3 Å². The van der Waals surface area contributed by atoms with Gasteiger partial charge in [-0.25, -0.2) is 4.98 Å². The lowest BCUT2D eigenvalue weighted by molar-refractivity contribution is -0.120. The Morgan fingerprint density at radius 2 is 2.38 bits per heavy atom. The van der Waals surface area contributed by atoms with Crippen molar-refractivity contribution in [2.45, 2.75) is 18.6 Å². The summed E-state index contributed by atoms with van der Waals surface area (Å²) < 4.78 is 0. The molecule has 1 N–H and O–H groups in total. The molecule has 2 aromatic heterocycles. The van der Waals surface area contributed by atoms with Crippen LogP contribution in [0.2, 0.25) is 5.15 Å². The molecule has 0 bridgehead atoms. The molecule has 0 radical (unpaired) electrons. The van der Waals surface area contributed by atoms with Crippen molar-refractivity contribution in [2.75, 3.05) is 12.8 Å². The van der Waals surface area contributed by atoms with E-state index in [4.69, 9.17) is 11.6 Å². The molecule has 4 nitrogen and oxygen atoms in total. The molecular formula is C14H16ClN3OS2. The molecule has 2 aromatic rings. The fourth-order valence-corrected chi connectivity index (χ4v) is 4.30. The van der Waals surface area contributed by atoms with Gasteiger partial charge in [-0.15, -0.1) is 11.3 Å². The Morgan fingerprint density at radius 3 is 3.00 bits per heavy atom. The Kier molecular flexibility index (Phi) is 6.02. The number of carbonyl (C=O) groups is 1. The molecule has 0 aliphatic rings. The highest BCUT2D eigenvalue weighted by atomic mass is 35.5. The first-order valence-corrected chi connectivity index (χ1v) is 9.00. The third kappa shape index (κ3) is 4.18. The molecule has 1 atom stereocenters. The third-order valence-electron chi connectivity index (χ3n) is 2.84. The second-order valence-electron chi connectivity index (χ2n) is 4.30. The van der Waals surface area contributed by atoms with E-state index in [9.17, 15) is 4.79 Å². The minimum atomic E-state index is 0.0203. The maximum absolute atomic E-state index is 11.8.